The summed E-state index contributed by atoms with van der Waals surface area (Å²) >= 11 is 0. The molecule has 2 aliphatic rings. The molecule has 6 nitrogen and oxygen atoms in total. The van der Waals surface area contributed by atoms with Crippen molar-refractivity contribution in [1.29, 1.82) is 0 Å². The molecule has 0 amide bonds. The molecular weight excluding hydrogens is 499 g/mol. The van der Waals surface area contributed by atoms with Gasteiger partial charge in [-0.2, -0.15) is 0 Å². The predicted octanol–water partition coefficient (Wildman–Crippen LogP) is 3.41. The lowest BCUT2D eigenvalue weighted by molar-refractivity contribution is 0.196. The van der Waals surface area contributed by atoms with E-state index in [1.54, 1.807) is 0 Å². The quantitative estimate of drug-likeness (QED) is 0.259. The molecule has 4 rings (SSSR count). The Balaban J connectivity index is 0.00000272. The highest BCUT2D eigenvalue weighted by atomic mass is 127. The number of halogens is 1. The SMILES string of the molecule is CN=C(NCc1cccc(N2CC=CC2)c1)NC1CCN(Cc2ccccn2)CC1.I. The average Bonchev–Trinajstić information content (AvgIpc) is 3.34. The number of anilines is 1. The smallest absolute Gasteiger partial charge is 0.191 e. The van der Waals surface area contributed by atoms with Crippen molar-refractivity contribution in [3.63, 3.8) is 0 Å². The molecule has 0 aliphatic carbocycles. The third-order valence-electron chi connectivity index (χ3n) is 5.82. The molecule has 0 atom stereocenters. The van der Waals surface area contributed by atoms with Gasteiger partial charge in [0.05, 0.1) is 5.69 Å². The molecule has 0 spiro atoms. The maximum absolute atomic E-state index is 4.45. The van der Waals surface area contributed by atoms with E-state index in [0.717, 1.165) is 63.8 Å². The van der Waals surface area contributed by atoms with Gasteiger partial charge in [0.25, 0.3) is 0 Å². The van der Waals surface area contributed by atoms with Gasteiger partial charge in [-0.3, -0.25) is 14.9 Å². The molecule has 3 heterocycles. The van der Waals surface area contributed by atoms with Gasteiger partial charge in [0.15, 0.2) is 5.96 Å². The van der Waals surface area contributed by atoms with E-state index in [1.807, 2.05) is 19.3 Å². The van der Waals surface area contributed by atoms with Gasteiger partial charge in [-0.1, -0.05) is 30.4 Å². The Morgan fingerprint density at radius 3 is 2.61 bits per heavy atom. The summed E-state index contributed by atoms with van der Waals surface area (Å²) in [5.41, 5.74) is 3.70. The van der Waals surface area contributed by atoms with Crippen LogP contribution in [-0.4, -0.2) is 55.1 Å². The van der Waals surface area contributed by atoms with Crippen LogP contribution in [0.4, 0.5) is 5.69 Å². The number of pyridine rings is 1. The molecule has 0 unspecified atom stereocenters. The number of piperidine rings is 1. The van der Waals surface area contributed by atoms with Crippen LogP contribution in [0.25, 0.3) is 0 Å². The lowest BCUT2D eigenvalue weighted by atomic mass is 10.0. The van der Waals surface area contributed by atoms with Crippen LogP contribution in [0, 0.1) is 0 Å². The fraction of sp³-hybridized carbons (Fsp3) is 0.417. The third kappa shape index (κ3) is 6.93. The van der Waals surface area contributed by atoms with Gasteiger partial charge in [-0.15, -0.1) is 24.0 Å². The summed E-state index contributed by atoms with van der Waals surface area (Å²) in [5, 5.41) is 7.09. The first-order valence-electron chi connectivity index (χ1n) is 10.9. The zero-order chi connectivity index (χ0) is 20.6. The second-order valence-corrected chi connectivity index (χ2v) is 7.99. The number of rotatable bonds is 6. The minimum atomic E-state index is 0. The number of nitrogens with zero attached hydrogens (tertiary/aromatic N) is 4. The fourth-order valence-corrected chi connectivity index (χ4v) is 4.08. The van der Waals surface area contributed by atoms with Crippen LogP contribution in [0.1, 0.15) is 24.1 Å². The average molecular weight is 532 g/mol. The minimum absolute atomic E-state index is 0. The summed E-state index contributed by atoms with van der Waals surface area (Å²) in [4.78, 5) is 13.7. The predicted molar refractivity (Wildman–Crippen MR) is 139 cm³/mol. The summed E-state index contributed by atoms with van der Waals surface area (Å²) in [7, 11) is 1.85. The molecule has 7 heteroatoms. The maximum atomic E-state index is 4.45. The van der Waals surface area contributed by atoms with Crippen LogP contribution in [-0.2, 0) is 13.1 Å². The highest BCUT2D eigenvalue weighted by Crippen LogP contribution is 2.18. The van der Waals surface area contributed by atoms with Crippen molar-refractivity contribution in [3.8, 4) is 0 Å². The van der Waals surface area contributed by atoms with Crippen LogP contribution < -0.4 is 15.5 Å². The number of hydrogen-bond acceptors (Lipinski definition) is 4. The van der Waals surface area contributed by atoms with Crippen LogP contribution >= 0.6 is 24.0 Å². The number of aliphatic imine (C=N–C) groups is 1. The van der Waals surface area contributed by atoms with Crippen molar-refractivity contribution in [2.24, 2.45) is 4.99 Å². The Labute approximate surface area is 202 Å². The summed E-state index contributed by atoms with van der Waals surface area (Å²) in [6, 6.07) is 15.3. The maximum Gasteiger partial charge on any atom is 0.191 e. The Kier molecular flexibility index (Phi) is 9.14. The largest absolute Gasteiger partial charge is 0.364 e. The Morgan fingerprint density at radius 2 is 1.90 bits per heavy atom. The number of nitrogens with one attached hydrogen (secondary N) is 2. The van der Waals surface area contributed by atoms with E-state index in [-0.39, 0.29) is 24.0 Å². The normalized spacial score (nSPS) is 17.5. The molecule has 2 aromatic rings. The molecule has 1 saturated heterocycles. The van der Waals surface area contributed by atoms with Gasteiger partial charge in [-0.05, 0) is 42.7 Å². The van der Waals surface area contributed by atoms with Gasteiger partial charge in [0, 0.05) is 64.2 Å². The van der Waals surface area contributed by atoms with E-state index in [0.29, 0.717) is 6.04 Å². The zero-order valence-electron chi connectivity index (χ0n) is 18.2. The molecule has 31 heavy (non-hydrogen) atoms. The molecular formula is C24H33IN6. The van der Waals surface area contributed by atoms with Gasteiger partial charge in [-0.25, -0.2) is 0 Å². The van der Waals surface area contributed by atoms with Crippen molar-refractivity contribution < 1.29 is 0 Å². The first-order chi connectivity index (χ1) is 14.8. The van der Waals surface area contributed by atoms with E-state index in [4.69, 9.17) is 0 Å². The molecule has 0 saturated carbocycles. The van der Waals surface area contributed by atoms with Crippen molar-refractivity contribution in [2.75, 3.05) is 38.1 Å². The standard InChI is InChI=1S/C24H32N6.HI/c1-25-24(27-18-20-7-6-9-23(17-20)30-13-4-5-14-30)28-21-10-15-29(16-11-21)19-22-8-2-3-12-26-22;/h2-9,12,17,21H,10-11,13-16,18-19H2,1H3,(H2,25,27,28);1H. The first-order valence-corrected chi connectivity index (χ1v) is 10.9. The second kappa shape index (κ2) is 12.0. The van der Waals surface area contributed by atoms with E-state index < -0.39 is 0 Å². The van der Waals surface area contributed by atoms with E-state index >= 15 is 0 Å². The van der Waals surface area contributed by atoms with Gasteiger partial charge < -0.3 is 15.5 Å². The highest BCUT2D eigenvalue weighted by Gasteiger charge is 2.20. The molecule has 2 aliphatic heterocycles. The Morgan fingerprint density at radius 1 is 1.10 bits per heavy atom. The second-order valence-electron chi connectivity index (χ2n) is 7.99. The van der Waals surface area contributed by atoms with Crippen LogP contribution in [0.15, 0.2) is 65.8 Å². The van der Waals surface area contributed by atoms with Crippen LogP contribution in [0.2, 0.25) is 0 Å². The number of guanidine groups is 1. The molecule has 2 N–H and O–H groups in total. The van der Waals surface area contributed by atoms with Crippen molar-refractivity contribution in [2.45, 2.75) is 32.0 Å². The molecule has 0 radical (unpaired) electrons. The first kappa shape index (κ1) is 23.5. The topological polar surface area (TPSA) is 55.8 Å². The highest BCUT2D eigenvalue weighted by molar-refractivity contribution is 14.0. The summed E-state index contributed by atoms with van der Waals surface area (Å²) in [6.45, 7) is 5.86. The number of benzene rings is 1. The minimum Gasteiger partial charge on any atom is -0.364 e. The zero-order valence-corrected chi connectivity index (χ0v) is 20.5. The van der Waals surface area contributed by atoms with Crippen molar-refractivity contribution in [1.82, 2.24) is 20.5 Å². The van der Waals surface area contributed by atoms with Gasteiger partial charge >= 0.3 is 0 Å². The van der Waals surface area contributed by atoms with Crippen LogP contribution in [0.3, 0.4) is 0 Å². The number of hydrogen-bond donors (Lipinski definition) is 2. The fourth-order valence-electron chi connectivity index (χ4n) is 4.08. The monoisotopic (exact) mass is 532 g/mol. The van der Waals surface area contributed by atoms with Crippen molar-refractivity contribution >= 4 is 35.6 Å². The van der Waals surface area contributed by atoms with E-state index in [2.05, 4.69) is 79.0 Å². The van der Waals surface area contributed by atoms with Gasteiger partial charge in [0.1, 0.15) is 0 Å². The lowest BCUT2D eigenvalue weighted by Gasteiger charge is -2.32. The molecule has 1 aromatic heterocycles. The lowest BCUT2D eigenvalue weighted by Crippen LogP contribution is -2.48. The third-order valence-corrected chi connectivity index (χ3v) is 5.82. The summed E-state index contributed by atoms with van der Waals surface area (Å²) in [6.07, 6.45) is 8.55. The van der Waals surface area contributed by atoms with E-state index in [9.17, 15) is 0 Å². The molecule has 1 aromatic carbocycles. The van der Waals surface area contributed by atoms with E-state index in [1.165, 1.54) is 11.3 Å². The molecule has 0 bridgehead atoms. The van der Waals surface area contributed by atoms with Crippen molar-refractivity contribution in [3.05, 3.63) is 72.1 Å². The molecule has 1 fully saturated rings. The van der Waals surface area contributed by atoms with Crippen LogP contribution in [0.5, 0.6) is 0 Å². The molecule has 166 valence electrons. The summed E-state index contributed by atoms with van der Waals surface area (Å²) < 4.78 is 0. The summed E-state index contributed by atoms with van der Waals surface area (Å²) in [5.74, 6) is 0.881. The number of aromatic nitrogens is 1. The number of likely N-dealkylation sites (tertiary alicyclic amines) is 1. The Bertz CT molecular complexity index is 853. The van der Waals surface area contributed by atoms with Gasteiger partial charge in [0.2, 0.25) is 0 Å². The Hall–Kier alpha value is -2.13.